The van der Waals surface area contributed by atoms with Gasteiger partial charge in [-0.1, -0.05) is 26.0 Å². The number of benzene rings is 1. The second kappa shape index (κ2) is 7.46. The summed E-state index contributed by atoms with van der Waals surface area (Å²) in [7, 11) is 1.65. The number of morpholine rings is 1. The molecular weight excluding hydrogens is 266 g/mol. The van der Waals surface area contributed by atoms with Gasteiger partial charge in [-0.2, -0.15) is 0 Å². The Morgan fingerprint density at radius 2 is 2.00 bits per heavy atom. The molecule has 116 valence electrons. The normalized spacial score (nSPS) is 18.9. The van der Waals surface area contributed by atoms with E-state index < -0.39 is 0 Å². The van der Waals surface area contributed by atoms with Crippen molar-refractivity contribution in [2.75, 3.05) is 26.8 Å². The lowest BCUT2D eigenvalue weighted by Gasteiger charge is -2.35. The highest BCUT2D eigenvalue weighted by atomic mass is 16.5. The van der Waals surface area contributed by atoms with Crippen LogP contribution in [0, 0.1) is 5.92 Å². The van der Waals surface area contributed by atoms with E-state index in [0.29, 0.717) is 19.7 Å². The van der Waals surface area contributed by atoms with Crippen molar-refractivity contribution in [2.24, 2.45) is 5.92 Å². The predicted octanol–water partition coefficient (Wildman–Crippen LogP) is 3.03. The van der Waals surface area contributed by atoms with Gasteiger partial charge in [-0.25, -0.2) is 0 Å². The molecule has 0 bridgehead atoms. The first kappa shape index (κ1) is 15.8. The van der Waals surface area contributed by atoms with E-state index in [1.54, 1.807) is 7.11 Å². The van der Waals surface area contributed by atoms with Crippen LogP contribution in [0.15, 0.2) is 24.3 Å². The van der Waals surface area contributed by atoms with E-state index in [2.05, 4.69) is 13.8 Å². The van der Waals surface area contributed by atoms with Crippen molar-refractivity contribution >= 4 is 5.91 Å². The molecule has 1 aliphatic rings. The zero-order chi connectivity index (χ0) is 15.2. The lowest BCUT2D eigenvalue weighted by molar-refractivity contribution is -0.143. The molecule has 4 heteroatoms. The Kier molecular flexibility index (Phi) is 5.62. The Morgan fingerprint density at radius 3 is 2.57 bits per heavy atom. The molecule has 0 spiro atoms. The van der Waals surface area contributed by atoms with Gasteiger partial charge in [0.25, 0.3) is 0 Å². The summed E-state index contributed by atoms with van der Waals surface area (Å²) in [5.74, 6) is 1.24. The van der Waals surface area contributed by atoms with Gasteiger partial charge in [-0.3, -0.25) is 4.79 Å². The van der Waals surface area contributed by atoms with Crippen LogP contribution in [-0.2, 0) is 9.53 Å². The van der Waals surface area contributed by atoms with Gasteiger partial charge in [0.1, 0.15) is 11.9 Å². The van der Waals surface area contributed by atoms with Crippen LogP contribution in [0.5, 0.6) is 5.75 Å². The van der Waals surface area contributed by atoms with E-state index in [1.165, 1.54) is 0 Å². The van der Waals surface area contributed by atoms with Crippen LogP contribution >= 0.6 is 0 Å². The minimum absolute atomic E-state index is 0.0389. The first-order valence-electron chi connectivity index (χ1n) is 7.73. The molecular formula is C17H25NO3. The van der Waals surface area contributed by atoms with Gasteiger partial charge in [0.15, 0.2) is 0 Å². The average molecular weight is 291 g/mol. The highest BCUT2D eigenvalue weighted by Gasteiger charge is 2.28. The van der Waals surface area contributed by atoms with Crippen LogP contribution in [-0.4, -0.2) is 37.6 Å². The lowest BCUT2D eigenvalue weighted by Crippen LogP contribution is -2.44. The lowest BCUT2D eigenvalue weighted by atomic mass is 10.0. The number of rotatable bonds is 5. The molecule has 1 heterocycles. The summed E-state index contributed by atoms with van der Waals surface area (Å²) < 4.78 is 11.0. The molecule has 1 fully saturated rings. The maximum absolute atomic E-state index is 12.5. The number of hydrogen-bond acceptors (Lipinski definition) is 3. The Labute approximate surface area is 127 Å². The topological polar surface area (TPSA) is 38.8 Å². The summed E-state index contributed by atoms with van der Waals surface area (Å²) in [6.45, 7) is 6.09. The fourth-order valence-corrected chi connectivity index (χ4v) is 2.77. The maximum Gasteiger partial charge on any atom is 0.225 e. The van der Waals surface area contributed by atoms with Gasteiger partial charge in [-0.05, 0) is 30.5 Å². The Hall–Kier alpha value is -1.55. The predicted molar refractivity (Wildman–Crippen MR) is 82.3 cm³/mol. The van der Waals surface area contributed by atoms with Crippen LogP contribution < -0.4 is 4.74 Å². The molecule has 1 aromatic carbocycles. The van der Waals surface area contributed by atoms with Gasteiger partial charge in [0.05, 0.1) is 20.3 Å². The minimum atomic E-state index is -0.0389. The van der Waals surface area contributed by atoms with Gasteiger partial charge in [0.2, 0.25) is 5.91 Å². The molecule has 1 amide bonds. The van der Waals surface area contributed by atoms with Crippen LogP contribution in [0.1, 0.15) is 38.4 Å². The minimum Gasteiger partial charge on any atom is -0.497 e. The van der Waals surface area contributed by atoms with Crippen LogP contribution in [0.2, 0.25) is 0 Å². The molecule has 1 aliphatic heterocycles. The van der Waals surface area contributed by atoms with Gasteiger partial charge < -0.3 is 14.4 Å². The Morgan fingerprint density at radius 1 is 1.33 bits per heavy atom. The molecule has 0 aromatic heterocycles. The quantitative estimate of drug-likeness (QED) is 0.837. The smallest absolute Gasteiger partial charge is 0.225 e. The summed E-state index contributed by atoms with van der Waals surface area (Å²) in [6, 6.07) is 7.88. The fourth-order valence-electron chi connectivity index (χ4n) is 2.77. The Bertz CT molecular complexity index is 454. The standard InChI is InChI=1S/C17H25NO3/c1-4-13(5-2)17(19)18-10-11-21-16(12-18)14-6-8-15(20-3)9-7-14/h6-9,13,16H,4-5,10-12H2,1-3H3. The Balaban J connectivity index is 2.04. The number of amides is 1. The van der Waals surface area contributed by atoms with Crippen LogP contribution in [0.25, 0.3) is 0 Å². The van der Waals surface area contributed by atoms with E-state index >= 15 is 0 Å². The molecule has 1 atom stereocenters. The molecule has 1 aromatic rings. The summed E-state index contributed by atoms with van der Waals surface area (Å²) in [5.41, 5.74) is 1.10. The molecule has 0 N–H and O–H groups in total. The third-order valence-electron chi connectivity index (χ3n) is 4.20. The van der Waals surface area contributed by atoms with E-state index in [1.807, 2.05) is 29.2 Å². The van der Waals surface area contributed by atoms with E-state index in [4.69, 9.17) is 9.47 Å². The van der Waals surface area contributed by atoms with Crippen molar-refractivity contribution < 1.29 is 14.3 Å². The fraction of sp³-hybridized carbons (Fsp3) is 0.588. The van der Waals surface area contributed by atoms with Crippen molar-refractivity contribution in [1.82, 2.24) is 4.90 Å². The highest BCUT2D eigenvalue weighted by Crippen LogP contribution is 2.25. The van der Waals surface area contributed by atoms with E-state index in [-0.39, 0.29) is 17.9 Å². The van der Waals surface area contributed by atoms with Crippen molar-refractivity contribution in [3.05, 3.63) is 29.8 Å². The molecule has 0 aliphatic carbocycles. The van der Waals surface area contributed by atoms with Gasteiger partial charge >= 0.3 is 0 Å². The summed E-state index contributed by atoms with van der Waals surface area (Å²) in [5, 5.41) is 0. The molecule has 0 radical (unpaired) electrons. The third-order valence-corrected chi connectivity index (χ3v) is 4.20. The number of ether oxygens (including phenoxy) is 2. The van der Waals surface area contributed by atoms with Gasteiger partial charge in [-0.15, -0.1) is 0 Å². The second-order valence-electron chi connectivity index (χ2n) is 5.43. The number of nitrogens with zero attached hydrogens (tertiary/aromatic N) is 1. The summed E-state index contributed by atoms with van der Waals surface area (Å²) in [6.07, 6.45) is 1.77. The molecule has 21 heavy (non-hydrogen) atoms. The molecule has 1 saturated heterocycles. The maximum atomic E-state index is 12.5. The highest BCUT2D eigenvalue weighted by molar-refractivity contribution is 5.78. The van der Waals surface area contributed by atoms with Crippen molar-refractivity contribution in [2.45, 2.75) is 32.8 Å². The number of methoxy groups -OCH3 is 1. The zero-order valence-corrected chi connectivity index (χ0v) is 13.2. The average Bonchev–Trinajstić information content (AvgIpc) is 2.56. The molecule has 2 rings (SSSR count). The molecule has 4 nitrogen and oxygen atoms in total. The van der Waals surface area contributed by atoms with Gasteiger partial charge in [0, 0.05) is 12.5 Å². The van der Waals surface area contributed by atoms with Crippen molar-refractivity contribution in [3.63, 3.8) is 0 Å². The SMILES string of the molecule is CCC(CC)C(=O)N1CCOC(c2ccc(OC)cc2)C1. The monoisotopic (exact) mass is 291 g/mol. The summed E-state index contributed by atoms with van der Waals surface area (Å²) in [4.78, 5) is 14.4. The van der Waals surface area contributed by atoms with E-state index in [9.17, 15) is 4.79 Å². The van der Waals surface area contributed by atoms with Crippen molar-refractivity contribution in [1.29, 1.82) is 0 Å². The summed E-state index contributed by atoms with van der Waals surface area (Å²) >= 11 is 0. The number of hydrogen-bond donors (Lipinski definition) is 0. The number of carbonyl (C=O) groups excluding carboxylic acids is 1. The van der Waals surface area contributed by atoms with Crippen LogP contribution in [0.4, 0.5) is 0 Å². The van der Waals surface area contributed by atoms with Crippen LogP contribution in [0.3, 0.4) is 0 Å². The van der Waals surface area contributed by atoms with Crippen molar-refractivity contribution in [3.8, 4) is 5.75 Å². The third kappa shape index (κ3) is 3.76. The number of carbonyl (C=O) groups is 1. The zero-order valence-electron chi connectivity index (χ0n) is 13.2. The first-order chi connectivity index (χ1) is 10.2. The largest absolute Gasteiger partial charge is 0.497 e. The molecule has 1 unspecified atom stereocenters. The molecule has 0 saturated carbocycles. The van der Waals surface area contributed by atoms with E-state index in [0.717, 1.165) is 24.2 Å². The second-order valence-corrected chi connectivity index (χ2v) is 5.43. The first-order valence-corrected chi connectivity index (χ1v) is 7.73.